The third kappa shape index (κ3) is 5.96. The highest BCUT2D eigenvalue weighted by molar-refractivity contribution is 6.31. The van der Waals surface area contributed by atoms with E-state index in [0.717, 1.165) is 17.2 Å². The van der Waals surface area contributed by atoms with Crippen LogP contribution in [-0.2, 0) is 14.3 Å². The van der Waals surface area contributed by atoms with E-state index in [9.17, 15) is 19.7 Å². The number of nitrogens with zero attached hydrogens (tertiary/aromatic N) is 1. The fraction of sp³-hybridized carbons (Fsp3) is 0.222. The number of carbonyl (C=O) groups excluding carboxylic acids is 2. The Kier molecular flexibility index (Phi) is 6.73. The number of hydrogen-bond donors (Lipinski definition) is 1. The zero-order valence-electron chi connectivity index (χ0n) is 14.7. The molecule has 0 unspecified atom stereocenters. The Morgan fingerprint density at radius 2 is 1.85 bits per heavy atom. The molecule has 8 nitrogen and oxygen atoms in total. The number of esters is 1. The lowest BCUT2D eigenvalue weighted by atomic mass is 10.1. The van der Waals surface area contributed by atoms with Crippen molar-refractivity contribution in [3.8, 4) is 5.75 Å². The average molecular weight is 393 g/mol. The van der Waals surface area contributed by atoms with Crippen molar-refractivity contribution in [2.45, 2.75) is 13.8 Å². The van der Waals surface area contributed by atoms with Crippen LogP contribution < -0.4 is 10.1 Å². The number of benzene rings is 2. The maximum atomic E-state index is 11.8. The number of anilines is 1. The number of nitro groups is 1. The normalized spacial score (nSPS) is 10.2. The largest absolute Gasteiger partial charge is 0.482 e. The van der Waals surface area contributed by atoms with Crippen LogP contribution in [0.15, 0.2) is 36.4 Å². The van der Waals surface area contributed by atoms with Crippen LogP contribution >= 0.6 is 11.6 Å². The number of nitro benzene ring substituents is 1. The quantitative estimate of drug-likeness (QED) is 0.439. The van der Waals surface area contributed by atoms with E-state index in [-0.39, 0.29) is 23.0 Å². The molecule has 1 N–H and O–H groups in total. The van der Waals surface area contributed by atoms with Gasteiger partial charge in [0.25, 0.3) is 11.6 Å². The third-order valence-corrected chi connectivity index (χ3v) is 3.86. The van der Waals surface area contributed by atoms with Crippen molar-refractivity contribution in [2.75, 3.05) is 18.5 Å². The molecule has 0 radical (unpaired) electrons. The van der Waals surface area contributed by atoms with Gasteiger partial charge in [0, 0.05) is 11.1 Å². The van der Waals surface area contributed by atoms with Crippen molar-refractivity contribution >= 4 is 34.9 Å². The summed E-state index contributed by atoms with van der Waals surface area (Å²) in [7, 11) is 0. The molecule has 27 heavy (non-hydrogen) atoms. The Bertz CT molecular complexity index is 884. The van der Waals surface area contributed by atoms with E-state index in [1.165, 1.54) is 12.1 Å². The Morgan fingerprint density at radius 3 is 2.52 bits per heavy atom. The highest BCUT2D eigenvalue weighted by Gasteiger charge is 2.17. The summed E-state index contributed by atoms with van der Waals surface area (Å²) in [5.41, 5.74) is 1.71. The predicted molar refractivity (Wildman–Crippen MR) is 99.1 cm³/mol. The molecule has 2 aromatic rings. The molecule has 0 aliphatic carbocycles. The number of rotatable bonds is 7. The van der Waals surface area contributed by atoms with Gasteiger partial charge in [-0.15, -0.1) is 0 Å². The van der Waals surface area contributed by atoms with E-state index >= 15 is 0 Å². The van der Waals surface area contributed by atoms with Gasteiger partial charge in [-0.2, -0.15) is 0 Å². The van der Waals surface area contributed by atoms with Gasteiger partial charge in [0.2, 0.25) is 0 Å². The van der Waals surface area contributed by atoms with Crippen molar-refractivity contribution in [1.82, 2.24) is 0 Å². The van der Waals surface area contributed by atoms with Crippen LogP contribution in [0.25, 0.3) is 0 Å². The van der Waals surface area contributed by atoms with Gasteiger partial charge < -0.3 is 14.8 Å². The molecule has 0 fully saturated rings. The van der Waals surface area contributed by atoms with Crippen molar-refractivity contribution in [2.24, 2.45) is 0 Å². The van der Waals surface area contributed by atoms with Crippen LogP contribution in [0, 0.1) is 24.0 Å². The minimum atomic E-state index is -0.742. The molecule has 142 valence electrons. The van der Waals surface area contributed by atoms with Crippen molar-refractivity contribution in [3.63, 3.8) is 0 Å². The molecule has 0 aliphatic rings. The summed E-state index contributed by atoms with van der Waals surface area (Å²) in [6, 6.07) is 9.18. The fourth-order valence-corrected chi connectivity index (χ4v) is 2.25. The monoisotopic (exact) mass is 392 g/mol. The maximum Gasteiger partial charge on any atom is 0.344 e. The Balaban J connectivity index is 1.84. The molecule has 2 aromatic carbocycles. The Labute approximate surface area is 160 Å². The minimum Gasteiger partial charge on any atom is -0.482 e. The Morgan fingerprint density at radius 1 is 1.11 bits per heavy atom. The van der Waals surface area contributed by atoms with E-state index < -0.39 is 23.4 Å². The molecular weight excluding hydrogens is 376 g/mol. The lowest BCUT2D eigenvalue weighted by Gasteiger charge is -2.09. The van der Waals surface area contributed by atoms with Crippen LogP contribution in [0.1, 0.15) is 11.1 Å². The van der Waals surface area contributed by atoms with Crippen molar-refractivity contribution < 1.29 is 24.0 Å². The zero-order valence-corrected chi connectivity index (χ0v) is 15.4. The summed E-state index contributed by atoms with van der Waals surface area (Å²) in [6.07, 6.45) is 0. The van der Waals surface area contributed by atoms with Crippen LogP contribution in [0.5, 0.6) is 5.75 Å². The Hall–Kier alpha value is -3.13. The van der Waals surface area contributed by atoms with Gasteiger partial charge >= 0.3 is 5.97 Å². The zero-order chi connectivity index (χ0) is 20.0. The van der Waals surface area contributed by atoms with E-state index in [1.54, 1.807) is 12.1 Å². The first-order valence-electron chi connectivity index (χ1n) is 7.85. The fourth-order valence-electron chi connectivity index (χ4n) is 2.08. The molecule has 0 bridgehead atoms. The molecular formula is C18H17ClN2O6. The lowest BCUT2D eigenvalue weighted by Crippen LogP contribution is -2.24. The summed E-state index contributed by atoms with van der Waals surface area (Å²) in [6.45, 7) is 2.91. The highest BCUT2D eigenvalue weighted by atomic mass is 35.5. The molecule has 1 amide bonds. The molecule has 0 heterocycles. The van der Waals surface area contributed by atoms with Gasteiger partial charge in [0.05, 0.1) is 4.92 Å². The molecule has 0 saturated carbocycles. The smallest absolute Gasteiger partial charge is 0.344 e. The molecule has 0 saturated heterocycles. The highest BCUT2D eigenvalue weighted by Crippen LogP contribution is 2.27. The van der Waals surface area contributed by atoms with Gasteiger partial charge in [0.15, 0.2) is 13.2 Å². The van der Waals surface area contributed by atoms with Crippen LogP contribution in [0.3, 0.4) is 0 Å². The second-order valence-electron chi connectivity index (χ2n) is 5.66. The van der Waals surface area contributed by atoms with Gasteiger partial charge in [0.1, 0.15) is 11.4 Å². The number of hydrogen-bond acceptors (Lipinski definition) is 6. The minimum absolute atomic E-state index is 0.0446. The average Bonchev–Trinajstić information content (AvgIpc) is 2.62. The number of amides is 1. The number of aryl methyl sites for hydroxylation is 2. The number of ether oxygens (including phenoxy) is 2. The van der Waals surface area contributed by atoms with Crippen LogP contribution in [0.2, 0.25) is 5.02 Å². The number of nitrogens with one attached hydrogen (secondary N) is 1. The standard InChI is InChI=1S/C18H17ClN2O6/c1-11-3-5-14(7-12(11)2)26-10-18(23)27-9-17(22)20-15-6-4-13(19)8-16(15)21(24)25/h3-8H,9-10H2,1-2H3,(H,20,22). The van der Waals surface area contributed by atoms with E-state index in [0.29, 0.717) is 5.75 Å². The molecule has 2 rings (SSSR count). The first-order chi connectivity index (χ1) is 12.8. The van der Waals surface area contributed by atoms with Gasteiger partial charge in [-0.25, -0.2) is 4.79 Å². The summed E-state index contributed by atoms with van der Waals surface area (Å²) < 4.78 is 10.1. The summed E-state index contributed by atoms with van der Waals surface area (Å²) >= 11 is 5.70. The van der Waals surface area contributed by atoms with Crippen molar-refractivity contribution in [3.05, 3.63) is 62.7 Å². The summed E-state index contributed by atoms with van der Waals surface area (Å²) in [5.74, 6) is -0.953. The third-order valence-electron chi connectivity index (χ3n) is 3.63. The predicted octanol–water partition coefficient (Wildman–Crippen LogP) is 3.43. The molecule has 0 aliphatic heterocycles. The lowest BCUT2D eigenvalue weighted by molar-refractivity contribution is -0.383. The molecule has 0 aromatic heterocycles. The maximum absolute atomic E-state index is 11.8. The summed E-state index contributed by atoms with van der Waals surface area (Å²) in [5, 5.41) is 13.4. The summed E-state index contributed by atoms with van der Waals surface area (Å²) in [4.78, 5) is 33.8. The number of carbonyl (C=O) groups is 2. The second kappa shape index (κ2) is 9.00. The SMILES string of the molecule is Cc1ccc(OCC(=O)OCC(=O)Nc2ccc(Cl)cc2[N+](=O)[O-])cc1C. The van der Waals surface area contributed by atoms with Crippen LogP contribution in [0.4, 0.5) is 11.4 Å². The number of halogens is 1. The van der Waals surface area contributed by atoms with Crippen LogP contribution in [-0.4, -0.2) is 30.0 Å². The topological polar surface area (TPSA) is 108 Å². The first kappa shape index (κ1) is 20.2. The second-order valence-corrected chi connectivity index (χ2v) is 6.10. The van der Waals surface area contributed by atoms with E-state index in [4.69, 9.17) is 21.1 Å². The van der Waals surface area contributed by atoms with Gasteiger partial charge in [-0.3, -0.25) is 14.9 Å². The van der Waals surface area contributed by atoms with Gasteiger partial charge in [-0.1, -0.05) is 17.7 Å². The van der Waals surface area contributed by atoms with Crippen molar-refractivity contribution in [1.29, 1.82) is 0 Å². The first-order valence-corrected chi connectivity index (χ1v) is 8.23. The van der Waals surface area contributed by atoms with Gasteiger partial charge in [-0.05, 0) is 49.2 Å². The molecule has 0 atom stereocenters. The van der Waals surface area contributed by atoms with E-state index in [1.807, 2.05) is 19.9 Å². The van der Waals surface area contributed by atoms with E-state index in [2.05, 4.69) is 5.32 Å². The molecule has 0 spiro atoms. The molecule has 9 heteroatoms.